The number of methoxy groups -OCH3 is 1. The maximum absolute atomic E-state index is 14.2. The number of hydrogen-bond acceptors (Lipinski definition) is 10. The van der Waals surface area contributed by atoms with Crippen LogP contribution in [0.3, 0.4) is 0 Å². The lowest BCUT2D eigenvalue weighted by molar-refractivity contribution is -0.117. The van der Waals surface area contributed by atoms with E-state index in [0.717, 1.165) is 0 Å². The largest absolute Gasteiger partial charge is 0.496 e. The molecule has 0 saturated carbocycles. The Labute approximate surface area is 305 Å². The molecule has 1 fully saturated rings. The topological polar surface area (TPSA) is 152 Å². The molecule has 51 heavy (non-hydrogen) atoms. The summed E-state index contributed by atoms with van der Waals surface area (Å²) in [6, 6.07) is 10.6. The zero-order chi connectivity index (χ0) is 36.1. The number of carbonyl (C=O) groups excluding carboxylic acids is 2. The number of amides is 2. The molecule has 2 aromatic carbocycles. The lowest BCUT2D eigenvalue weighted by Crippen LogP contribution is -2.55. The molecule has 0 bridgehead atoms. The highest BCUT2D eigenvalue weighted by molar-refractivity contribution is 6.34. The Bertz CT molecular complexity index is 1900. The van der Waals surface area contributed by atoms with Crippen LogP contribution in [0.25, 0.3) is 28.1 Å². The Hall–Kier alpha value is -4.24. The van der Waals surface area contributed by atoms with Crippen molar-refractivity contribution in [2.45, 2.75) is 32.4 Å². The number of hydrogen-bond donors (Lipinski definition) is 2. The van der Waals surface area contributed by atoms with Crippen molar-refractivity contribution in [2.75, 3.05) is 65.2 Å². The number of carbonyl (C=O) groups is 2. The number of fused-ring (bicyclic) bond motifs is 3. The number of rotatable bonds is 13. The average Bonchev–Trinajstić information content (AvgIpc) is 3.50. The summed E-state index contributed by atoms with van der Waals surface area (Å²) >= 11 is 12.9. The van der Waals surface area contributed by atoms with Crippen LogP contribution in [0.5, 0.6) is 11.5 Å². The minimum atomic E-state index is -0.542. The summed E-state index contributed by atoms with van der Waals surface area (Å²) in [5.74, 6) is 0.604. The van der Waals surface area contributed by atoms with Crippen molar-refractivity contribution in [1.82, 2.24) is 19.7 Å². The number of morpholine rings is 1. The van der Waals surface area contributed by atoms with Crippen LogP contribution in [0.4, 0.5) is 5.69 Å². The van der Waals surface area contributed by atoms with Crippen LogP contribution in [0.15, 0.2) is 48.8 Å². The van der Waals surface area contributed by atoms with Gasteiger partial charge in [0.05, 0.1) is 82.0 Å². The van der Waals surface area contributed by atoms with Gasteiger partial charge in [-0.15, -0.1) is 0 Å². The molecule has 6 rings (SSSR count). The Morgan fingerprint density at radius 1 is 1.00 bits per heavy atom. The van der Waals surface area contributed by atoms with Crippen molar-refractivity contribution in [3.63, 3.8) is 0 Å². The molecule has 2 amide bonds. The monoisotopic (exact) mass is 738 g/mol. The summed E-state index contributed by atoms with van der Waals surface area (Å²) < 4.78 is 30.2. The third-order valence-corrected chi connectivity index (χ3v) is 8.97. The summed E-state index contributed by atoms with van der Waals surface area (Å²) in [4.78, 5) is 33.1. The predicted molar refractivity (Wildman–Crippen MR) is 193 cm³/mol. The maximum atomic E-state index is 14.2. The summed E-state index contributed by atoms with van der Waals surface area (Å²) in [5, 5.41) is 8.62. The number of anilines is 1. The summed E-state index contributed by atoms with van der Waals surface area (Å²) in [7, 11) is 1.57. The number of benzene rings is 2. The van der Waals surface area contributed by atoms with E-state index in [1.165, 1.54) is 0 Å². The Balaban J connectivity index is 1.36. The van der Waals surface area contributed by atoms with Crippen molar-refractivity contribution in [3.05, 3.63) is 70.1 Å². The van der Waals surface area contributed by atoms with Crippen LogP contribution in [0.1, 0.15) is 36.3 Å². The number of ether oxygens (including phenoxy) is 5. The zero-order valence-corrected chi connectivity index (χ0v) is 30.2. The van der Waals surface area contributed by atoms with Crippen LogP contribution in [0.2, 0.25) is 10.0 Å². The second kappa shape index (κ2) is 16.0. The highest BCUT2D eigenvalue weighted by Crippen LogP contribution is 2.46. The highest BCUT2D eigenvalue weighted by atomic mass is 35.5. The van der Waals surface area contributed by atoms with Gasteiger partial charge in [-0.2, -0.15) is 5.10 Å². The first-order valence-electron chi connectivity index (χ1n) is 16.5. The number of pyridine rings is 1. The van der Waals surface area contributed by atoms with E-state index < -0.39 is 5.54 Å². The van der Waals surface area contributed by atoms with Gasteiger partial charge in [0, 0.05) is 57.7 Å². The van der Waals surface area contributed by atoms with E-state index in [9.17, 15) is 9.59 Å². The molecule has 0 aliphatic carbocycles. The number of nitrogens with two attached hydrogens (primary N) is 1. The molecule has 0 radical (unpaired) electrons. The third kappa shape index (κ3) is 8.14. The second-order valence-corrected chi connectivity index (χ2v) is 13.5. The normalized spacial score (nSPS) is 14.7. The number of nitrogens with zero attached hydrogens (tertiary/aromatic N) is 4. The number of halogens is 2. The van der Waals surface area contributed by atoms with Crippen LogP contribution in [0, 0.1) is 0 Å². The molecule has 4 heterocycles. The van der Waals surface area contributed by atoms with Gasteiger partial charge in [-0.1, -0.05) is 23.2 Å². The van der Waals surface area contributed by atoms with Crippen molar-refractivity contribution < 1.29 is 33.3 Å². The zero-order valence-electron chi connectivity index (χ0n) is 28.7. The molecule has 4 aromatic rings. The van der Waals surface area contributed by atoms with Crippen LogP contribution in [-0.4, -0.2) is 96.9 Å². The van der Waals surface area contributed by atoms with Gasteiger partial charge >= 0.3 is 0 Å². The standard InChI is InChI=1S/C36H40Cl2N6O7/c1-36(2)21-50-9-6-43(36)35(46)33-29-20-51-31-17-30(47-3)27(16-28(31)34(29)44(42-33)26-14-23(37)13-24(38)15-26)22-12-25(19-40-18-22)41-32(45)4-7-48-10-11-49-8-5-39/h12-19H,4-11,20-21,39H2,1-3H3,(H,41,45). The number of aromatic nitrogens is 3. The van der Waals surface area contributed by atoms with E-state index >= 15 is 0 Å². The molecule has 270 valence electrons. The van der Waals surface area contributed by atoms with Gasteiger partial charge in [0.15, 0.2) is 5.69 Å². The van der Waals surface area contributed by atoms with E-state index in [-0.39, 0.29) is 37.1 Å². The molecule has 0 spiro atoms. The Morgan fingerprint density at radius 3 is 2.49 bits per heavy atom. The lowest BCUT2D eigenvalue weighted by atomic mass is 9.95. The Morgan fingerprint density at radius 2 is 1.76 bits per heavy atom. The van der Waals surface area contributed by atoms with Gasteiger partial charge < -0.3 is 39.6 Å². The van der Waals surface area contributed by atoms with E-state index in [1.54, 1.807) is 53.4 Å². The molecule has 1 saturated heterocycles. The van der Waals surface area contributed by atoms with E-state index in [4.69, 9.17) is 57.7 Å². The predicted octanol–water partition coefficient (Wildman–Crippen LogP) is 5.38. The van der Waals surface area contributed by atoms with Crippen molar-refractivity contribution in [3.8, 4) is 39.6 Å². The first kappa shape index (κ1) is 36.5. The molecule has 2 aliphatic rings. The van der Waals surface area contributed by atoms with Crippen molar-refractivity contribution in [2.24, 2.45) is 5.73 Å². The van der Waals surface area contributed by atoms with Crippen LogP contribution in [-0.2, 0) is 25.6 Å². The van der Waals surface area contributed by atoms with Gasteiger partial charge in [-0.25, -0.2) is 4.68 Å². The van der Waals surface area contributed by atoms with Crippen LogP contribution >= 0.6 is 23.2 Å². The summed E-state index contributed by atoms with van der Waals surface area (Å²) in [6.07, 6.45) is 3.40. The quantitative estimate of drug-likeness (QED) is 0.171. The summed E-state index contributed by atoms with van der Waals surface area (Å²) in [6.45, 7) is 7.22. The third-order valence-electron chi connectivity index (χ3n) is 8.54. The fourth-order valence-corrected chi connectivity index (χ4v) is 6.62. The minimum Gasteiger partial charge on any atom is -0.496 e. The molecule has 2 aromatic heterocycles. The second-order valence-electron chi connectivity index (χ2n) is 12.6. The molecule has 0 atom stereocenters. The molecule has 0 unspecified atom stereocenters. The fraction of sp³-hybridized carbons (Fsp3) is 0.389. The molecule has 15 heteroatoms. The maximum Gasteiger partial charge on any atom is 0.275 e. The van der Waals surface area contributed by atoms with Gasteiger partial charge in [0.1, 0.15) is 18.1 Å². The summed E-state index contributed by atoms with van der Waals surface area (Å²) in [5.41, 5.74) is 9.50. The molecule has 2 aliphatic heterocycles. The van der Waals surface area contributed by atoms with E-state index in [1.807, 2.05) is 26.0 Å². The highest BCUT2D eigenvalue weighted by Gasteiger charge is 2.39. The van der Waals surface area contributed by atoms with Crippen molar-refractivity contribution >= 4 is 40.7 Å². The molecule has 3 N–H and O–H groups in total. The van der Waals surface area contributed by atoms with Gasteiger partial charge in [0.2, 0.25) is 5.91 Å². The van der Waals surface area contributed by atoms with Gasteiger partial charge in [0.25, 0.3) is 5.91 Å². The van der Waals surface area contributed by atoms with Gasteiger partial charge in [-0.05, 0) is 44.2 Å². The van der Waals surface area contributed by atoms with Gasteiger partial charge in [-0.3, -0.25) is 14.6 Å². The molecular weight excluding hydrogens is 699 g/mol. The average molecular weight is 740 g/mol. The Kier molecular flexibility index (Phi) is 11.4. The first-order valence-corrected chi connectivity index (χ1v) is 17.3. The minimum absolute atomic E-state index is 0.0957. The van der Waals surface area contributed by atoms with Crippen molar-refractivity contribution in [1.29, 1.82) is 0 Å². The molecular formula is C36H40Cl2N6O7. The lowest BCUT2D eigenvalue weighted by Gasteiger charge is -2.41. The number of nitrogens with one attached hydrogen (secondary N) is 1. The fourth-order valence-electron chi connectivity index (χ4n) is 6.11. The first-order chi connectivity index (χ1) is 24.6. The molecule has 13 nitrogen and oxygen atoms in total. The van der Waals surface area contributed by atoms with E-state index in [2.05, 4.69) is 10.3 Å². The smallest absolute Gasteiger partial charge is 0.275 e. The van der Waals surface area contributed by atoms with Crippen LogP contribution < -0.4 is 20.5 Å². The SMILES string of the molecule is COc1cc2c(cc1-c1cncc(NC(=O)CCOCCOCCN)c1)-c1c(c(C(=O)N3CCOCC3(C)C)nn1-c1cc(Cl)cc(Cl)c1)CO2. The van der Waals surface area contributed by atoms with E-state index in [0.29, 0.717) is 107 Å².